The Balaban J connectivity index is 1.85. The van der Waals surface area contributed by atoms with Crippen LogP contribution in [0.25, 0.3) is 0 Å². The van der Waals surface area contributed by atoms with Crippen molar-refractivity contribution in [2.24, 2.45) is 0 Å². The monoisotopic (exact) mass is 321 g/mol. The summed E-state index contributed by atoms with van der Waals surface area (Å²) in [7, 11) is 0. The molecule has 0 saturated heterocycles. The number of nitrogens with one attached hydrogen (secondary N) is 1. The van der Waals surface area contributed by atoms with E-state index in [0.717, 1.165) is 23.1 Å². The first-order chi connectivity index (χ1) is 10.5. The fraction of sp³-hybridized carbons (Fsp3) is 0.235. The second kappa shape index (κ2) is 7.40. The standard InChI is InChI=1S/C17H17F2NOS/c1-11-3-5-14(9-12(11)2)22-8-7-17(21)20-16-10-13(18)4-6-15(16)19/h3-6,9-10H,7-8H2,1-2H3,(H,20,21). The van der Waals surface area contributed by atoms with Gasteiger partial charge in [-0.15, -0.1) is 11.8 Å². The largest absolute Gasteiger partial charge is 0.323 e. The van der Waals surface area contributed by atoms with E-state index in [4.69, 9.17) is 0 Å². The van der Waals surface area contributed by atoms with Crippen molar-refractivity contribution in [2.75, 3.05) is 11.1 Å². The molecule has 2 rings (SSSR count). The third-order valence-electron chi connectivity index (χ3n) is 3.28. The highest BCUT2D eigenvalue weighted by Gasteiger charge is 2.08. The molecule has 0 unspecified atom stereocenters. The number of hydrogen-bond donors (Lipinski definition) is 1. The molecule has 1 amide bonds. The van der Waals surface area contributed by atoms with Crippen LogP contribution < -0.4 is 5.32 Å². The maximum Gasteiger partial charge on any atom is 0.225 e. The minimum Gasteiger partial charge on any atom is -0.323 e. The van der Waals surface area contributed by atoms with Gasteiger partial charge in [-0.25, -0.2) is 8.78 Å². The van der Waals surface area contributed by atoms with Crippen LogP contribution in [-0.2, 0) is 4.79 Å². The molecule has 0 aliphatic carbocycles. The van der Waals surface area contributed by atoms with Gasteiger partial charge in [0.05, 0.1) is 5.69 Å². The third kappa shape index (κ3) is 4.56. The number of amides is 1. The van der Waals surface area contributed by atoms with Crippen LogP contribution in [0.15, 0.2) is 41.3 Å². The number of carbonyl (C=O) groups excluding carboxylic acids is 1. The van der Waals surface area contributed by atoms with E-state index in [1.54, 1.807) is 11.8 Å². The van der Waals surface area contributed by atoms with Crippen LogP contribution in [0.2, 0.25) is 0 Å². The minimum atomic E-state index is -0.642. The second-order valence-corrected chi connectivity index (χ2v) is 6.19. The van der Waals surface area contributed by atoms with E-state index in [1.165, 1.54) is 11.1 Å². The van der Waals surface area contributed by atoms with Crippen molar-refractivity contribution in [3.63, 3.8) is 0 Å². The Bertz CT molecular complexity index is 688. The van der Waals surface area contributed by atoms with E-state index in [0.29, 0.717) is 5.75 Å². The van der Waals surface area contributed by atoms with Gasteiger partial charge in [-0.1, -0.05) is 6.07 Å². The van der Waals surface area contributed by atoms with E-state index < -0.39 is 11.6 Å². The lowest BCUT2D eigenvalue weighted by atomic mass is 10.1. The lowest BCUT2D eigenvalue weighted by Crippen LogP contribution is -2.13. The SMILES string of the molecule is Cc1ccc(SCCC(=O)Nc2cc(F)ccc2F)cc1C. The zero-order chi connectivity index (χ0) is 16.1. The van der Waals surface area contributed by atoms with Crippen molar-refractivity contribution in [3.8, 4) is 0 Å². The third-order valence-corrected chi connectivity index (χ3v) is 4.27. The Hall–Kier alpha value is -1.88. The van der Waals surface area contributed by atoms with E-state index in [1.807, 2.05) is 26.0 Å². The highest BCUT2D eigenvalue weighted by Crippen LogP contribution is 2.22. The second-order valence-electron chi connectivity index (χ2n) is 5.02. The molecule has 0 aliphatic rings. The molecule has 0 atom stereocenters. The molecule has 0 saturated carbocycles. The summed E-state index contributed by atoms with van der Waals surface area (Å²) in [6.45, 7) is 4.09. The highest BCUT2D eigenvalue weighted by molar-refractivity contribution is 7.99. The van der Waals surface area contributed by atoms with Crippen LogP contribution in [-0.4, -0.2) is 11.7 Å². The molecule has 0 aliphatic heterocycles. The number of halogens is 2. The molecule has 0 bridgehead atoms. The molecule has 22 heavy (non-hydrogen) atoms. The van der Waals surface area contributed by atoms with Crippen LogP contribution in [0.1, 0.15) is 17.5 Å². The van der Waals surface area contributed by atoms with Crippen molar-refractivity contribution in [1.29, 1.82) is 0 Å². The fourth-order valence-corrected chi connectivity index (χ4v) is 2.82. The summed E-state index contributed by atoms with van der Waals surface area (Å²) in [5, 5.41) is 2.39. The Kier molecular flexibility index (Phi) is 5.55. The molecule has 0 radical (unpaired) electrons. The number of carbonyl (C=O) groups is 1. The quantitative estimate of drug-likeness (QED) is 0.809. The summed E-state index contributed by atoms with van der Waals surface area (Å²) in [6.07, 6.45) is 0.230. The topological polar surface area (TPSA) is 29.1 Å². The van der Waals surface area contributed by atoms with Crippen molar-refractivity contribution in [3.05, 3.63) is 59.2 Å². The Morgan fingerprint density at radius 3 is 2.59 bits per heavy atom. The van der Waals surface area contributed by atoms with Gasteiger partial charge in [0.25, 0.3) is 0 Å². The van der Waals surface area contributed by atoms with Crippen molar-refractivity contribution < 1.29 is 13.6 Å². The molecule has 1 N–H and O–H groups in total. The molecule has 0 aromatic heterocycles. The summed E-state index contributed by atoms with van der Waals surface area (Å²) in [4.78, 5) is 12.9. The number of rotatable bonds is 5. The molecule has 116 valence electrons. The van der Waals surface area contributed by atoms with Gasteiger partial charge in [0.2, 0.25) is 5.91 Å². The molecule has 2 nitrogen and oxygen atoms in total. The summed E-state index contributed by atoms with van der Waals surface area (Å²) in [5.74, 6) is -0.982. The maximum atomic E-state index is 13.4. The van der Waals surface area contributed by atoms with Gasteiger partial charge >= 0.3 is 0 Å². The normalized spacial score (nSPS) is 10.5. The lowest BCUT2D eigenvalue weighted by molar-refractivity contribution is -0.115. The minimum absolute atomic E-state index is 0.124. The number of hydrogen-bond acceptors (Lipinski definition) is 2. The first-order valence-corrected chi connectivity index (χ1v) is 7.89. The molecule has 2 aromatic carbocycles. The average molecular weight is 321 g/mol. The summed E-state index contributed by atoms with van der Waals surface area (Å²) >= 11 is 1.56. The molecule has 5 heteroatoms. The van der Waals surface area contributed by atoms with E-state index in [9.17, 15) is 13.6 Å². The maximum absolute atomic E-state index is 13.4. The van der Waals surface area contributed by atoms with E-state index in [-0.39, 0.29) is 18.0 Å². The molecule has 0 fully saturated rings. The van der Waals surface area contributed by atoms with E-state index in [2.05, 4.69) is 11.4 Å². The van der Waals surface area contributed by atoms with Gasteiger partial charge in [0.1, 0.15) is 11.6 Å². The van der Waals surface area contributed by atoms with Crippen LogP contribution in [0, 0.1) is 25.5 Å². The van der Waals surface area contributed by atoms with Gasteiger partial charge in [-0.2, -0.15) is 0 Å². The predicted octanol–water partition coefficient (Wildman–Crippen LogP) is 4.70. The van der Waals surface area contributed by atoms with Gasteiger partial charge in [0, 0.05) is 23.1 Å². The van der Waals surface area contributed by atoms with Crippen molar-refractivity contribution in [2.45, 2.75) is 25.2 Å². The van der Waals surface area contributed by atoms with Crippen molar-refractivity contribution in [1.82, 2.24) is 0 Å². The summed E-state index contributed by atoms with van der Waals surface area (Å²) in [5.41, 5.74) is 2.31. The molecule has 0 heterocycles. The molecule has 0 spiro atoms. The molecular weight excluding hydrogens is 304 g/mol. The zero-order valence-electron chi connectivity index (χ0n) is 12.5. The number of benzene rings is 2. The van der Waals surface area contributed by atoms with Crippen LogP contribution in [0.3, 0.4) is 0 Å². The van der Waals surface area contributed by atoms with Crippen LogP contribution in [0.5, 0.6) is 0 Å². The fourth-order valence-electron chi connectivity index (χ4n) is 1.87. The Morgan fingerprint density at radius 1 is 1.09 bits per heavy atom. The Morgan fingerprint density at radius 2 is 1.86 bits per heavy atom. The Labute approximate surface area is 132 Å². The molecule has 2 aromatic rings. The van der Waals surface area contributed by atoms with Gasteiger partial charge < -0.3 is 5.32 Å². The van der Waals surface area contributed by atoms with Crippen LogP contribution >= 0.6 is 11.8 Å². The van der Waals surface area contributed by atoms with E-state index >= 15 is 0 Å². The summed E-state index contributed by atoms with van der Waals surface area (Å²) in [6, 6.07) is 9.11. The number of anilines is 1. The zero-order valence-corrected chi connectivity index (χ0v) is 13.3. The first kappa shape index (κ1) is 16.5. The first-order valence-electron chi connectivity index (χ1n) is 6.90. The average Bonchev–Trinajstić information content (AvgIpc) is 2.47. The van der Waals surface area contributed by atoms with Crippen molar-refractivity contribution >= 4 is 23.4 Å². The summed E-state index contributed by atoms with van der Waals surface area (Å²) < 4.78 is 26.4. The lowest BCUT2D eigenvalue weighted by Gasteiger charge is -2.07. The van der Waals surface area contributed by atoms with Gasteiger partial charge in [0.15, 0.2) is 0 Å². The van der Waals surface area contributed by atoms with Gasteiger partial charge in [-0.05, 0) is 49.2 Å². The predicted molar refractivity (Wildman–Crippen MR) is 86.2 cm³/mol. The highest BCUT2D eigenvalue weighted by atomic mass is 32.2. The smallest absolute Gasteiger partial charge is 0.225 e. The molecular formula is C17H17F2NOS. The van der Waals surface area contributed by atoms with Gasteiger partial charge in [-0.3, -0.25) is 4.79 Å². The number of thioether (sulfide) groups is 1. The van der Waals surface area contributed by atoms with Crippen LogP contribution in [0.4, 0.5) is 14.5 Å². The number of aryl methyl sites for hydroxylation is 2.